The van der Waals surface area contributed by atoms with Gasteiger partial charge in [-0.2, -0.15) is 13.2 Å². The summed E-state index contributed by atoms with van der Waals surface area (Å²) in [7, 11) is 0. The Kier molecular flexibility index (Phi) is 7.74. The number of alkyl halides is 3. The van der Waals surface area contributed by atoms with Crippen molar-refractivity contribution in [1.82, 2.24) is 20.2 Å². The summed E-state index contributed by atoms with van der Waals surface area (Å²) in [6.07, 6.45) is -3.36. The van der Waals surface area contributed by atoms with E-state index in [1.165, 1.54) is 11.1 Å². The molecule has 3 aromatic rings. The van der Waals surface area contributed by atoms with E-state index in [0.29, 0.717) is 13.1 Å². The molecule has 10 heteroatoms. The van der Waals surface area contributed by atoms with Crippen molar-refractivity contribution >= 4 is 22.8 Å². The number of benzene rings is 2. The zero-order chi connectivity index (χ0) is 25.8. The van der Waals surface area contributed by atoms with Gasteiger partial charge in [-0.05, 0) is 22.6 Å². The van der Waals surface area contributed by atoms with Gasteiger partial charge in [0.05, 0.1) is 5.52 Å². The molecule has 1 aromatic heterocycles. The van der Waals surface area contributed by atoms with Crippen LogP contribution in [0.4, 0.5) is 13.2 Å². The van der Waals surface area contributed by atoms with E-state index in [9.17, 15) is 18.0 Å². The van der Waals surface area contributed by atoms with E-state index in [0.717, 1.165) is 17.4 Å². The lowest BCUT2D eigenvalue weighted by Gasteiger charge is -2.34. The number of nitrogens with zero attached hydrogens (tertiary/aromatic N) is 3. The van der Waals surface area contributed by atoms with Gasteiger partial charge in [-0.1, -0.05) is 63.2 Å². The van der Waals surface area contributed by atoms with Crippen LogP contribution in [0.5, 0.6) is 0 Å². The molecule has 7 nitrogen and oxygen atoms in total. The highest BCUT2D eigenvalue weighted by atomic mass is 19.4. The minimum atomic E-state index is -5.08. The standard InChI is InChI=1S/C23H26N4O.C2HF3O2/c1-23(2,3)18-10-8-16(9-11-18)20-15-27(13-12-24-20)22(28)21-25-14-17-6-4-5-7-19(17)26-21;3-2(4,5)1(6)7/h4-11,14,20,24H,12-13,15H2,1-3H3;(H,6,7). The lowest BCUT2D eigenvalue weighted by Crippen LogP contribution is -2.48. The molecular formula is C25H27F3N4O3. The largest absolute Gasteiger partial charge is 0.490 e. The number of nitrogens with one attached hydrogen (secondary N) is 1. The van der Waals surface area contributed by atoms with Gasteiger partial charge in [0.1, 0.15) is 0 Å². The van der Waals surface area contributed by atoms with Gasteiger partial charge in [0.2, 0.25) is 5.82 Å². The highest BCUT2D eigenvalue weighted by Crippen LogP contribution is 2.25. The number of para-hydroxylation sites is 1. The second-order valence-electron chi connectivity index (χ2n) is 9.19. The summed E-state index contributed by atoms with van der Waals surface area (Å²) in [5.74, 6) is -2.60. The van der Waals surface area contributed by atoms with Gasteiger partial charge in [-0.3, -0.25) is 4.79 Å². The molecule has 2 N–H and O–H groups in total. The number of carboxylic acid groups (broad SMARTS) is 1. The minimum absolute atomic E-state index is 0.108. The van der Waals surface area contributed by atoms with Crippen molar-refractivity contribution in [3.63, 3.8) is 0 Å². The highest BCUT2D eigenvalue weighted by Gasteiger charge is 2.38. The van der Waals surface area contributed by atoms with Crippen molar-refractivity contribution in [2.24, 2.45) is 0 Å². The number of carbonyl (C=O) groups is 2. The smallest absolute Gasteiger partial charge is 0.475 e. The molecule has 186 valence electrons. The summed E-state index contributed by atoms with van der Waals surface area (Å²) in [5.41, 5.74) is 3.44. The second kappa shape index (κ2) is 10.4. The molecule has 4 rings (SSSR count). The minimum Gasteiger partial charge on any atom is -0.475 e. The Bertz CT molecular complexity index is 1190. The fraction of sp³-hybridized carbons (Fsp3) is 0.360. The molecule has 1 unspecified atom stereocenters. The average Bonchev–Trinajstić information content (AvgIpc) is 2.82. The van der Waals surface area contributed by atoms with E-state index in [2.05, 4.69) is 60.3 Å². The van der Waals surface area contributed by atoms with Crippen LogP contribution >= 0.6 is 0 Å². The SMILES string of the molecule is CC(C)(C)c1ccc(C2CN(C(=O)c3ncc4ccccc4n3)CCN2)cc1.O=C(O)C(F)(F)F. The van der Waals surface area contributed by atoms with Crippen LogP contribution in [0.15, 0.2) is 54.7 Å². The molecule has 1 aliphatic rings. The molecule has 1 atom stereocenters. The maximum absolute atomic E-state index is 13.0. The van der Waals surface area contributed by atoms with E-state index in [4.69, 9.17) is 9.90 Å². The van der Waals surface area contributed by atoms with E-state index >= 15 is 0 Å². The first-order valence-electron chi connectivity index (χ1n) is 11.0. The molecule has 1 amide bonds. The third-order valence-corrected chi connectivity index (χ3v) is 5.56. The van der Waals surface area contributed by atoms with Gasteiger partial charge >= 0.3 is 12.1 Å². The van der Waals surface area contributed by atoms with E-state index in [1.807, 2.05) is 29.2 Å². The topological polar surface area (TPSA) is 95.4 Å². The molecule has 0 aliphatic carbocycles. The van der Waals surface area contributed by atoms with Crippen LogP contribution in [-0.2, 0) is 10.2 Å². The molecule has 1 fully saturated rings. The van der Waals surface area contributed by atoms with Gasteiger partial charge in [0.15, 0.2) is 0 Å². The second-order valence-corrected chi connectivity index (χ2v) is 9.19. The quantitative estimate of drug-likeness (QED) is 0.557. The third kappa shape index (κ3) is 6.75. The predicted octanol–water partition coefficient (Wildman–Crippen LogP) is 4.35. The lowest BCUT2D eigenvalue weighted by molar-refractivity contribution is -0.192. The molecule has 1 saturated heterocycles. The number of halogens is 3. The Morgan fingerprint density at radius 2 is 1.69 bits per heavy atom. The molecular weight excluding hydrogens is 461 g/mol. The summed E-state index contributed by atoms with van der Waals surface area (Å²) < 4.78 is 31.7. The number of fused-ring (bicyclic) bond motifs is 1. The monoisotopic (exact) mass is 488 g/mol. The van der Waals surface area contributed by atoms with Gasteiger partial charge in [-0.15, -0.1) is 0 Å². The summed E-state index contributed by atoms with van der Waals surface area (Å²) in [6.45, 7) is 8.67. The number of aromatic nitrogens is 2. The maximum atomic E-state index is 13.0. The van der Waals surface area contributed by atoms with Crippen molar-refractivity contribution in [3.8, 4) is 0 Å². The van der Waals surface area contributed by atoms with Crippen LogP contribution in [0.1, 0.15) is 48.6 Å². The van der Waals surface area contributed by atoms with Crippen LogP contribution in [0.2, 0.25) is 0 Å². The first kappa shape index (κ1) is 26.1. The van der Waals surface area contributed by atoms with Gasteiger partial charge in [-0.25, -0.2) is 14.8 Å². The van der Waals surface area contributed by atoms with Gasteiger partial charge in [0.25, 0.3) is 5.91 Å². The van der Waals surface area contributed by atoms with Crippen molar-refractivity contribution in [2.75, 3.05) is 19.6 Å². The Hall–Kier alpha value is -3.53. The van der Waals surface area contributed by atoms with E-state index < -0.39 is 12.1 Å². The van der Waals surface area contributed by atoms with Crippen LogP contribution < -0.4 is 5.32 Å². The van der Waals surface area contributed by atoms with Crippen LogP contribution in [0.25, 0.3) is 10.9 Å². The zero-order valence-corrected chi connectivity index (χ0v) is 19.6. The maximum Gasteiger partial charge on any atom is 0.490 e. The fourth-order valence-electron chi connectivity index (χ4n) is 3.59. The molecule has 2 heterocycles. The van der Waals surface area contributed by atoms with Crippen LogP contribution in [0, 0.1) is 0 Å². The Morgan fingerprint density at radius 1 is 1.06 bits per heavy atom. The first-order valence-corrected chi connectivity index (χ1v) is 11.0. The Balaban J connectivity index is 0.000000429. The summed E-state index contributed by atoms with van der Waals surface area (Å²) in [5, 5.41) is 11.6. The summed E-state index contributed by atoms with van der Waals surface area (Å²) >= 11 is 0. The van der Waals surface area contributed by atoms with E-state index in [1.54, 1.807) is 6.20 Å². The van der Waals surface area contributed by atoms with Crippen molar-refractivity contribution in [1.29, 1.82) is 0 Å². The van der Waals surface area contributed by atoms with Crippen molar-refractivity contribution < 1.29 is 27.9 Å². The normalized spacial score (nSPS) is 16.4. The highest BCUT2D eigenvalue weighted by molar-refractivity contribution is 5.92. The molecule has 1 aliphatic heterocycles. The predicted molar refractivity (Wildman–Crippen MR) is 125 cm³/mol. The first-order chi connectivity index (χ1) is 16.4. The zero-order valence-electron chi connectivity index (χ0n) is 19.6. The summed E-state index contributed by atoms with van der Waals surface area (Å²) in [6, 6.07) is 16.5. The molecule has 0 radical (unpaired) electrons. The number of aliphatic carboxylic acids is 1. The number of hydrogen-bond donors (Lipinski definition) is 2. The number of carboxylic acids is 1. The molecule has 0 saturated carbocycles. The van der Waals surface area contributed by atoms with E-state index in [-0.39, 0.29) is 23.2 Å². The lowest BCUT2D eigenvalue weighted by atomic mass is 9.86. The van der Waals surface area contributed by atoms with Gasteiger partial charge < -0.3 is 15.3 Å². The Morgan fingerprint density at radius 3 is 2.29 bits per heavy atom. The number of rotatable bonds is 2. The van der Waals surface area contributed by atoms with Crippen molar-refractivity contribution in [2.45, 2.75) is 38.4 Å². The number of piperazine rings is 1. The molecule has 2 aromatic carbocycles. The average molecular weight is 489 g/mol. The number of carbonyl (C=O) groups excluding carboxylic acids is 1. The number of amides is 1. The summed E-state index contributed by atoms with van der Waals surface area (Å²) in [4.78, 5) is 32.5. The molecule has 0 spiro atoms. The van der Waals surface area contributed by atoms with Crippen LogP contribution in [-0.4, -0.2) is 57.7 Å². The molecule has 0 bridgehead atoms. The number of hydrogen-bond acceptors (Lipinski definition) is 5. The molecule has 35 heavy (non-hydrogen) atoms. The van der Waals surface area contributed by atoms with Gasteiger partial charge in [0, 0.05) is 37.3 Å². The fourth-order valence-corrected chi connectivity index (χ4v) is 3.59. The van der Waals surface area contributed by atoms with Crippen molar-refractivity contribution in [3.05, 3.63) is 71.7 Å². The van der Waals surface area contributed by atoms with Crippen LogP contribution in [0.3, 0.4) is 0 Å². The third-order valence-electron chi connectivity index (χ3n) is 5.56. The Labute approximate surface area is 201 Å².